The summed E-state index contributed by atoms with van der Waals surface area (Å²) in [5.41, 5.74) is 3.69. The Morgan fingerprint density at radius 1 is 1.47 bits per heavy atom. The molecule has 0 heterocycles. The number of carbonyl (C=O) groups excluding carboxylic acids is 1. The quantitative estimate of drug-likeness (QED) is 0.630. The van der Waals surface area contributed by atoms with Crippen LogP contribution in [0.4, 0.5) is 10.5 Å². The highest BCUT2D eigenvalue weighted by atomic mass is 16.5. The van der Waals surface area contributed by atoms with Crippen molar-refractivity contribution in [2.45, 2.75) is 13.8 Å². The molecule has 0 saturated carbocycles. The molecule has 0 bridgehead atoms. The van der Waals surface area contributed by atoms with Gasteiger partial charge in [0.2, 0.25) is 0 Å². The number of methoxy groups -OCH3 is 1. The van der Waals surface area contributed by atoms with Crippen molar-refractivity contribution in [3.8, 4) is 5.75 Å². The zero-order valence-electron chi connectivity index (χ0n) is 11.4. The maximum Gasteiger partial charge on any atom is 0.427 e. The molecule has 104 valence electrons. The van der Waals surface area contributed by atoms with E-state index >= 15 is 0 Å². The summed E-state index contributed by atoms with van der Waals surface area (Å²) in [4.78, 5) is 13.0. The van der Waals surface area contributed by atoms with E-state index in [1.807, 2.05) is 12.1 Å². The van der Waals surface area contributed by atoms with E-state index in [4.69, 9.17) is 0 Å². The smallest absolute Gasteiger partial charge is 0.427 e. The van der Waals surface area contributed by atoms with E-state index in [2.05, 4.69) is 34.0 Å². The third kappa shape index (κ3) is 4.17. The highest BCUT2D eigenvalue weighted by molar-refractivity contribution is 5.86. The molecule has 6 nitrogen and oxygen atoms in total. The number of hydrogen-bond donors (Lipinski definition) is 2. The van der Waals surface area contributed by atoms with Crippen molar-refractivity contribution in [1.29, 1.82) is 0 Å². The van der Waals surface area contributed by atoms with E-state index in [9.17, 15) is 9.90 Å². The fraction of sp³-hybridized carbons (Fsp3) is 0.385. The molecular formula is C13H19N3O3. The Labute approximate surface area is 112 Å². The first kappa shape index (κ1) is 14.8. The average Bonchev–Trinajstić information content (AvgIpc) is 2.43. The minimum atomic E-state index is -0.657. The van der Waals surface area contributed by atoms with Crippen LogP contribution in [0, 0.1) is 0 Å². The Morgan fingerprint density at radius 2 is 2.16 bits per heavy atom. The van der Waals surface area contributed by atoms with Crippen molar-refractivity contribution < 1.29 is 14.6 Å². The number of rotatable bonds is 5. The van der Waals surface area contributed by atoms with Crippen molar-refractivity contribution in [3.63, 3.8) is 0 Å². The number of aromatic hydroxyl groups is 1. The predicted octanol–water partition coefficient (Wildman–Crippen LogP) is 1.93. The monoisotopic (exact) mass is 265 g/mol. The topological polar surface area (TPSA) is 74.2 Å². The summed E-state index contributed by atoms with van der Waals surface area (Å²) in [5, 5.41) is 13.4. The lowest BCUT2D eigenvalue weighted by molar-refractivity contribution is 0.171. The van der Waals surface area contributed by atoms with Crippen molar-refractivity contribution in [2.75, 3.05) is 25.1 Å². The number of ether oxygens (including phenoxy) is 1. The minimum Gasteiger partial charge on any atom is -0.507 e. The molecule has 1 aromatic rings. The SMILES string of the molecule is CCN(CC)c1ccc(O)c(/C=N\NC(=O)OC)c1. The summed E-state index contributed by atoms with van der Waals surface area (Å²) in [6, 6.07) is 5.26. The van der Waals surface area contributed by atoms with Gasteiger partial charge < -0.3 is 14.7 Å². The first-order chi connectivity index (χ1) is 9.12. The largest absolute Gasteiger partial charge is 0.507 e. The lowest BCUT2D eigenvalue weighted by Crippen LogP contribution is -2.21. The molecule has 1 amide bonds. The number of hydrazone groups is 1. The molecule has 0 saturated heterocycles. The fourth-order valence-electron chi connectivity index (χ4n) is 1.63. The molecule has 0 aromatic heterocycles. The van der Waals surface area contributed by atoms with Gasteiger partial charge in [-0.25, -0.2) is 10.2 Å². The second-order valence-electron chi connectivity index (χ2n) is 3.78. The van der Waals surface area contributed by atoms with Crippen molar-refractivity contribution in [3.05, 3.63) is 23.8 Å². The molecule has 0 aliphatic rings. The van der Waals surface area contributed by atoms with E-state index in [1.165, 1.54) is 13.3 Å². The normalized spacial score (nSPS) is 10.5. The van der Waals surface area contributed by atoms with E-state index in [-0.39, 0.29) is 5.75 Å². The third-order valence-electron chi connectivity index (χ3n) is 2.68. The molecule has 0 unspecified atom stereocenters. The van der Waals surface area contributed by atoms with Crippen LogP contribution in [0.5, 0.6) is 5.75 Å². The standard InChI is InChI=1S/C13H19N3O3/c1-4-16(5-2)11-6-7-12(17)10(8-11)9-14-15-13(18)19-3/h6-9,17H,4-5H2,1-3H3,(H,15,18)/b14-9-. The lowest BCUT2D eigenvalue weighted by atomic mass is 10.2. The Bertz CT molecular complexity index is 456. The number of phenols is 1. The van der Waals surface area contributed by atoms with Crippen LogP contribution in [-0.4, -0.2) is 37.6 Å². The van der Waals surface area contributed by atoms with Gasteiger partial charge in [0.05, 0.1) is 13.3 Å². The number of amides is 1. The number of carbonyl (C=O) groups is 1. The number of nitrogens with zero attached hydrogens (tertiary/aromatic N) is 2. The first-order valence-electron chi connectivity index (χ1n) is 6.07. The molecule has 0 spiro atoms. The van der Waals surface area contributed by atoms with Gasteiger partial charge in [0, 0.05) is 24.3 Å². The average molecular weight is 265 g/mol. The van der Waals surface area contributed by atoms with Crippen LogP contribution in [0.3, 0.4) is 0 Å². The molecule has 0 atom stereocenters. The van der Waals surface area contributed by atoms with Crippen molar-refractivity contribution in [2.24, 2.45) is 5.10 Å². The third-order valence-corrected chi connectivity index (χ3v) is 2.68. The molecule has 0 radical (unpaired) electrons. The van der Waals surface area contributed by atoms with Crippen LogP contribution in [0.1, 0.15) is 19.4 Å². The Morgan fingerprint density at radius 3 is 2.74 bits per heavy atom. The molecule has 1 rings (SSSR count). The zero-order valence-corrected chi connectivity index (χ0v) is 11.4. The van der Waals surface area contributed by atoms with Gasteiger partial charge >= 0.3 is 6.09 Å². The Kier molecular flexibility index (Phi) is 5.66. The van der Waals surface area contributed by atoms with E-state index in [0.29, 0.717) is 5.56 Å². The molecule has 6 heteroatoms. The van der Waals surface area contributed by atoms with Gasteiger partial charge in [-0.15, -0.1) is 0 Å². The van der Waals surface area contributed by atoms with Gasteiger partial charge in [-0.05, 0) is 32.0 Å². The number of benzene rings is 1. The van der Waals surface area contributed by atoms with Gasteiger partial charge in [0.1, 0.15) is 5.75 Å². The molecule has 19 heavy (non-hydrogen) atoms. The Balaban J connectivity index is 2.88. The van der Waals surface area contributed by atoms with Gasteiger partial charge in [0.15, 0.2) is 0 Å². The zero-order chi connectivity index (χ0) is 14.3. The number of phenolic OH excluding ortho intramolecular Hbond substituents is 1. The molecular weight excluding hydrogens is 246 g/mol. The van der Waals surface area contributed by atoms with Gasteiger partial charge in [-0.1, -0.05) is 0 Å². The van der Waals surface area contributed by atoms with Crippen LogP contribution in [0.15, 0.2) is 23.3 Å². The van der Waals surface area contributed by atoms with Gasteiger partial charge in [-0.2, -0.15) is 5.10 Å². The maximum absolute atomic E-state index is 10.8. The lowest BCUT2D eigenvalue weighted by Gasteiger charge is -2.21. The van der Waals surface area contributed by atoms with Crippen LogP contribution in [0.2, 0.25) is 0 Å². The van der Waals surface area contributed by atoms with Crippen LogP contribution < -0.4 is 10.3 Å². The van der Waals surface area contributed by atoms with E-state index in [0.717, 1.165) is 18.8 Å². The number of anilines is 1. The molecule has 2 N–H and O–H groups in total. The van der Waals surface area contributed by atoms with E-state index in [1.54, 1.807) is 6.07 Å². The molecule has 0 aliphatic carbocycles. The van der Waals surface area contributed by atoms with Crippen LogP contribution in [-0.2, 0) is 4.74 Å². The minimum absolute atomic E-state index is 0.103. The van der Waals surface area contributed by atoms with E-state index < -0.39 is 6.09 Å². The summed E-state index contributed by atoms with van der Waals surface area (Å²) in [6.07, 6.45) is 0.717. The van der Waals surface area contributed by atoms with Crippen LogP contribution >= 0.6 is 0 Å². The summed E-state index contributed by atoms with van der Waals surface area (Å²) in [6.45, 7) is 5.86. The first-order valence-corrected chi connectivity index (χ1v) is 6.07. The number of nitrogens with one attached hydrogen (secondary N) is 1. The van der Waals surface area contributed by atoms with Gasteiger partial charge in [-0.3, -0.25) is 0 Å². The van der Waals surface area contributed by atoms with Crippen LogP contribution in [0.25, 0.3) is 0 Å². The highest BCUT2D eigenvalue weighted by Gasteiger charge is 2.05. The highest BCUT2D eigenvalue weighted by Crippen LogP contribution is 2.22. The summed E-state index contributed by atoms with van der Waals surface area (Å²) >= 11 is 0. The molecule has 1 aromatic carbocycles. The predicted molar refractivity (Wildman–Crippen MR) is 74.8 cm³/mol. The Hall–Kier alpha value is -2.24. The summed E-state index contributed by atoms with van der Waals surface area (Å²) < 4.78 is 4.38. The van der Waals surface area contributed by atoms with Crippen molar-refractivity contribution >= 4 is 18.0 Å². The van der Waals surface area contributed by atoms with Crippen molar-refractivity contribution in [1.82, 2.24) is 5.43 Å². The second-order valence-corrected chi connectivity index (χ2v) is 3.78. The fourth-order valence-corrected chi connectivity index (χ4v) is 1.63. The molecule has 0 aliphatic heterocycles. The molecule has 0 fully saturated rings. The number of hydrogen-bond acceptors (Lipinski definition) is 5. The van der Waals surface area contributed by atoms with Gasteiger partial charge in [0.25, 0.3) is 0 Å². The second kappa shape index (κ2) is 7.25. The summed E-state index contributed by atoms with van der Waals surface area (Å²) in [7, 11) is 1.25. The summed E-state index contributed by atoms with van der Waals surface area (Å²) in [5.74, 6) is 0.103. The maximum atomic E-state index is 10.8.